The molecule has 0 aliphatic heterocycles. The lowest BCUT2D eigenvalue weighted by Crippen LogP contribution is -2.36. The third-order valence-corrected chi connectivity index (χ3v) is 2.62. The zero-order valence-corrected chi connectivity index (χ0v) is 11.3. The number of hydrogen-bond donors (Lipinski definition) is 1. The molecular formula is C12H26N2O3. The van der Waals surface area contributed by atoms with E-state index in [0.29, 0.717) is 39.3 Å². The Bertz CT molecular complexity index is 200. The van der Waals surface area contributed by atoms with E-state index in [1.54, 1.807) is 14.2 Å². The lowest BCUT2D eigenvalue weighted by atomic mass is 10.1. The van der Waals surface area contributed by atoms with Crippen molar-refractivity contribution in [3.8, 4) is 0 Å². The van der Waals surface area contributed by atoms with Crippen LogP contribution in [0.1, 0.15) is 19.8 Å². The Morgan fingerprint density at radius 1 is 1.24 bits per heavy atom. The van der Waals surface area contributed by atoms with Gasteiger partial charge in [-0.25, -0.2) is 0 Å². The molecule has 17 heavy (non-hydrogen) atoms. The average molecular weight is 246 g/mol. The van der Waals surface area contributed by atoms with E-state index in [9.17, 15) is 4.79 Å². The predicted molar refractivity (Wildman–Crippen MR) is 67.8 cm³/mol. The smallest absolute Gasteiger partial charge is 0.222 e. The molecular weight excluding hydrogens is 220 g/mol. The van der Waals surface area contributed by atoms with Gasteiger partial charge in [-0.2, -0.15) is 0 Å². The maximum atomic E-state index is 12.0. The van der Waals surface area contributed by atoms with Gasteiger partial charge in [-0.05, 0) is 18.9 Å². The molecule has 0 aromatic carbocycles. The molecule has 0 fully saturated rings. The van der Waals surface area contributed by atoms with Gasteiger partial charge in [-0.3, -0.25) is 4.79 Å². The van der Waals surface area contributed by atoms with Gasteiger partial charge in [-0.15, -0.1) is 0 Å². The maximum Gasteiger partial charge on any atom is 0.222 e. The van der Waals surface area contributed by atoms with E-state index in [1.807, 2.05) is 11.8 Å². The van der Waals surface area contributed by atoms with E-state index in [2.05, 4.69) is 0 Å². The zero-order chi connectivity index (χ0) is 13.1. The monoisotopic (exact) mass is 246 g/mol. The molecule has 5 heteroatoms. The minimum Gasteiger partial charge on any atom is -0.385 e. The first-order valence-corrected chi connectivity index (χ1v) is 6.11. The zero-order valence-electron chi connectivity index (χ0n) is 11.3. The number of amides is 1. The van der Waals surface area contributed by atoms with Crippen LogP contribution in [0.5, 0.6) is 0 Å². The van der Waals surface area contributed by atoms with Crippen molar-refractivity contribution in [3.05, 3.63) is 0 Å². The minimum atomic E-state index is 0.149. The number of hydrogen-bond acceptors (Lipinski definition) is 4. The summed E-state index contributed by atoms with van der Waals surface area (Å²) in [5.41, 5.74) is 5.53. The van der Waals surface area contributed by atoms with Crippen LogP contribution in [-0.2, 0) is 14.3 Å². The molecule has 1 atom stereocenters. The third-order valence-electron chi connectivity index (χ3n) is 2.62. The van der Waals surface area contributed by atoms with Gasteiger partial charge in [0, 0.05) is 40.3 Å². The van der Waals surface area contributed by atoms with Crippen LogP contribution in [0.3, 0.4) is 0 Å². The first kappa shape index (κ1) is 16.4. The summed E-state index contributed by atoms with van der Waals surface area (Å²) in [6.45, 7) is 5.12. The number of methoxy groups -OCH3 is 2. The molecule has 1 unspecified atom stereocenters. The van der Waals surface area contributed by atoms with E-state index in [1.165, 1.54) is 0 Å². The summed E-state index contributed by atoms with van der Waals surface area (Å²) in [4.78, 5) is 13.8. The highest BCUT2D eigenvalue weighted by Crippen LogP contribution is 2.05. The summed E-state index contributed by atoms with van der Waals surface area (Å²) in [6.07, 6.45) is 1.36. The topological polar surface area (TPSA) is 64.8 Å². The summed E-state index contributed by atoms with van der Waals surface area (Å²) in [6, 6.07) is 0. The standard InChI is InChI=1S/C12H26N2O3/c1-11(10-13)9-12(15)14(6-8-17-3)5-4-7-16-2/h11H,4-10,13H2,1-3H3. The number of nitrogens with zero attached hydrogens (tertiary/aromatic N) is 1. The second-order valence-corrected chi connectivity index (χ2v) is 4.26. The van der Waals surface area contributed by atoms with Crippen molar-refractivity contribution >= 4 is 5.91 Å². The van der Waals surface area contributed by atoms with Crippen LogP contribution in [-0.4, -0.2) is 57.9 Å². The van der Waals surface area contributed by atoms with Crippen molar-refractivity contribution in [1.82, 2.24) is 4.90 Å². The van der Waals surface area contributed by atoms with Gasteiger partial charge < -0.3 is 20.1 Å². The summed E-state index contributed by atoms with van der Waals surface area (Å²) < 4.78 is 10.00. The van der Waals surface area contributed by atoms with Crippen LogP contribution < -0.4 is 5.73 Å². The van der Waals surface area contributed by atoms with E-state index in [-0.39, 0.29) is 11.8 Å². The second kappa shape index (κ2) is 10.5. The minimum absolute atomic E-state index is 0.149. The highest BCUT2D eigenvalue weighted by molar-refractivity contribution is 5.76. The van der Waals surface area contributed by atoms with Crippen LogP contribution in [0, 0.1) is 5.92 Å². The van der Waals surface area contributed by atoms with E-state index < -0.39 is 0 Å². The van der Waals surface area contributed by atoms with Crippen LogP contribution >= 0.6 is 0 Å². The van der Waals surface area contributed by atoms with Gasteiger partial charge in [0.2, 0.25) is 5.91 Å². The lowest BCUT2D eigenvalue weighted by Gasteiger charge is -2.23. The SMILES string of the molecule is COCCCN(CCOC)C(=O)CC(C)CN. The van der Waals surface area contributed by atoms with Crippen LogP contribution in [0.15, 0.2) is 0 Å². The van der Waals surface area contributed by atoms with Gasteiger partial charge in [0.25, 0.3) is 0 Å². The van der Waals surface area contributed by atoms with E-state index in [4.69, 9.17) is 15.2 Å². The van der Waals surface area contributed by atoms with Gasteiger partial charge >= 0.3 is 0 Å². The number of carbonyl (C=O) groups excluding carboxylic acids is 1. The van der Waals surface area contributed by atoms with Gasteiger partial charge in [0.1, 0.15) is 0 Å². The molecule has 0 aliphatic rings. The number of carbonyl (C=O) groups is 1. The van der Waals surface area contributed by atoms with Crippen molar-refractivity contribution in [2.24, 2.45) is 11.7 Å². The summed E-state index contributed by atoms with van der Waals surface area (Å²) in [7, 11) is 3.30. The van der Waals surface area contributed by atoms with Crippen molar-refractivity contribution in [2.45, 2.75) is 19.8 Å². The summed E-state index contributed by atoms with van der Waals surface area (Å²) >= 11 is 0. The molecule has 0 saturated heterocycles. The Morgan fingerprint density at radius 3 is 2.41 bits per heavy atom. The summed E-state index contributed by atoms with van der Waals surface area (Å²) in [5, 5.41) is 0. The van der Waals surface area contributed by atoms with Crippen molar-refractivity contribution in [3.63, 3.8) is 0 Å². The van der Waals surface area contributed by atoms with Gasteiger partial charge in [0.05, 0.1) is 6.61 Å². The molecule has 0 aromatic rings. The highest BCUT2D eigenvalue weighted by atomic mass is 16.5. The lowest BCUT2D eigenvalue weighted by molar-refractivity contribution is -0.132. The molecule has 2 N–H and O–H groups in total. The molecule has 0 saturated carbocycles. The van der Waals surface area contributed by atoms with Gasteiger partial charge in [-0.1, -0.05) is 6.92 Å². The molecule has 102 valence electrons. The fourth-order valence-electron chi connectivity index (χ4n) is 1.47. The van der Waals surface area contributed by atoms with Crippen LogP contribution in [0.2, 0.25) is 0 Å². The molecule has 0 aromatic heterocycles. The molecule has 0 heterocycles. The quantitative estimate of drug-likeness (QED) is 0.570. The number of nitrogens with two attached hydrogens (primary N) is 1. The normalized spacial score (nSPS) is 12.5. The van der Waals surface area contributed by atoms with Crippen molar-refractivity contribution in [1.29, 1.82) is 0 Å². The Morgan fingerprint density at radius 2 is 1.88 bits per heavy atom. The Labute approximate surface area is 104 Å². The van der Waals surface area contributed by atoms with Crippen LogP contribution in [0.4, 0.5) is 0 Å². The Kier molecular flexibility index (Phi) is 10.1. The molecule has 0 radical (unpaired) electrons. The predicted octanol–water partition coefficient (Wildman–Crippen LogP) is 0.483. The third kappa shape index (κ3) is 8.12. The molecule has 0 bridgehead atoms. The molecule has 1 amide bonds. The fraction of sp³-hybridized carbons (Fsp3) is 0.917. The van der Waals surface area contributed by atoms with Gasteiger partial charge in [0.15, 0.2) is 0 Å². The highest BCUT2D eigenvalue weighted by Gasteiger charge is 2.15. The molecule has 0 spiro atoms. The first-order chi connectivity index (χ1) is 8.15. The van der Waals surface area contributed by atoms with E-state index >= 15 is 0 Å². The first-order valence-electron chi connectivity index (χ1n) is 6.11. The largest absolute Gasteiger partial charge is 0.385 e. The van der Waals surface area contributed by atoms with E-state index in [0.717, 1.165) is 6.42 Å². The summed E-state index contributed by atoms with van der Waals surface area (Å²) in [5.74, 6) is 0.381. The molecule has 5 nitrogen and oxygen atoms in total. The number of rotatable bonds is 10. The molecule has 0 rings (SSSR count). The number of ether oxygens (including phenoxy) is 2. The molecule has 0 aliphatic carbocycles. The second-order valence-electron chi connectivity index (χ2n) is 4.26. The Hall–Kier alpha value is -0.650. The van der Waals surface area contributed by atoms with Crippen LogP contribution in [0.25, 0.3) is 0 Å². The van der Waals surface area contributed by atoms with Crippen molar-refractivity contribution in [2.75, 3.05) is 47.1 Å². The van der Waals surface area contributed by atoms with Crippen molar-refractivity contribution < 1.29 is 14.3 Å². The Balaban J connectivity index is 4.09. The fourth-order valence-corrected chi connectivity index (χ4v) is 1.47. The average Bonchev–Trinajstić information content (AvgIpc) is 2.33. The maximum absolute atomic E-state index is 12.0.